The molecule has 11 heteroatoms. The third-order valence-electron chi connectivity index (χ3n) is 5.33. The molecule has 3 rings (SSSR count). The first-order valence-electron chi connectivity index (χ1n) is 10.6. The van der Waals surface area contributed by atoms with Crippen LogP contribution in [-0.2, 0) is 16.8 Å². The minimum Gasteiger partial charge on any atom is -0.486 e. The molecule has 0 spiro atoms. The largest absolute Gasteiger partial charge is 0.486 e. The number of carbonyl (C=O) groups excluding carboxylic acids is 1. The SMILES string of the molecule is Cc1ccc([N+](=O)[O-])c(NC(=O)CSc2nnc(COc3ccc(C(C)(C)C)cc3)n2N)c1C. The number of anilines is 1. The van der Waals surface area contributed by atoms with Gasteiger partial charge in [-0.3, -0.25) is 14.9 Å². The van der Waals surface area contributed by atoms with Crippen molar-refractivity contribution in [2.75, 3.05) is 16.9 Å². The summed E-state index contributed by atoms with van der Waals surface area (Å²) >= 11 is 1.07. The van der Waals surface area contributed by atoms with Crippen molar-refractivity contribution in [1.29, 1.82) is 0 Å². The van der Waals surface area contributed by atoms with Crippen molar-refractivity contribution in [2.45, 2.75) is 51.8 Å². The number of nitrogens with one attached hydrogen (secondary N) is 1. The summed E-state index contributed by atoms with van der Waals surface area (Å²) in [6.45, 7) is 10.1. The molecule has 0 saturated carbocycles. The lowest BCUT2D eigenvalue weighted by Gasteiger charge is -2.19. The van der Waals surface area contributed by atoms with Crippen LogP contribution in [0.25, 0.3) is 0 Å². The molecule has 0 aliphatic carbocycles. The topological polar surface area (TPSA) is 138 Å². The molecule has 0 atom stereocenters. The van der Waals surface area contributed by atoms with Gasteiger partial charge in [0, 0.05) is 6.07 Å². The second-order valence-corrected chi connectivity index (χ2v) is 9.77. The molecule has 0 aliphatic rings. The van der Waals surface area contributed by atoms with E-state index < -0.39 is 10.8 Å². The number of benzene rings is 2. The van der Waals surface area contributed by atoms with Gasteiger partial charge in [0.05, 0.1) is 10.7 Å². The van der Waals surface area contributed by atoms with Crippen LogP contribution in [0.15, 0.2) is 41.6 Å². The number of nitro groups is 1. The van der Waals surface area contributed by atoms with E-state index in [2.05, 4.69) is 36.3 Å². The molecule has 0 bridgehead atoms. The lowest BCUT2D eigenvalue weighted by Crippen LogP contribution is -2.19. The number of nitrogens with two attached hydrogens (primary N) is 1. The van der Waals surface area contributed by atoms with Crippen molar-refractivity contribution in [3.8, 4) is 5.75 Å². The molecule has 0 aliphatic heterocycles. The van der Waals surface area contributed by atoms with Crippen molar-refractivity contribution in [1.82, 2.24) is 14.9 Å². The Morgan fingerprint density at radius 1 is 1.18 bits per heavy atom. The van der Waals surface area contributed by atoms with Crippen molar-refractivity contribution >= 4 is 29.0 Å². The summed E-state index contributed by atoms with van der Waals surface area (Å²) in [5.74, 6) is 6.68. The Morgan fingerprint density at radius 3 is 2.47 bits per heavy atom. The van der Waals surface area contributed by atoms with Crippen LogP contribution < -0.4 is 15.9 Å². The van der Waals surface area contributed by atoms with Gasteiger partial charge in [-0.1, -0.05) is 50.7 Å². The number of nitro benzene ring substituents is 1. The minimum atomic E-state index is -0.519. The third-order valence-corrected chi connectivity index (χ3v) is 6.27. The van der Waals surface area contributed by atoms with E-state index in [1.807, 2.05) is 31.2 Å². The summed E-state index contributed by atoms with van der Waals surface area (Å²) in [4.78, 5) is 23.3. The maximum atomic E-state index is 12.5. The molecule has 0 radical (unpaired) electrons. The Kier molecular flexibility index (Phi) is 7.45. The zero-order valence-electron chi connectivity index (χ0n) is 19.8. The highest BCUT2D eigenvalue weighted by atomic mass is 32.2. The number of nitrogen functional groups attached to an aromatic ring is 1. The zero-order valence-corrected chi connectivity index (χ0v) is 20.6. The highest BCUT2D eigenvalue weighted by Gasteiger charge is 2.20. The van der Waals surface area contributed by atoms with Gasteiger partial charge in [0.25, 0.3) is 5.69 Å². The Morgan fingerprint density at radius 2 is 1.85 bits per heavy atom. The zero-order chi connectivity index (χ0) is 25.0. The molecule has 1 heterocycles. The first-order valence-corrected chi connectivity index (χ1v) is 11.6. The van der Waals surface area contributed by atoms with Crippen LogP contribution in [0.5, 0.6) is 5.75 Å². The average molecular weight is 485 g/mol. The second kappa shape index (κ2) is 10.1. The molecule has 1 amide bonds. The molecule has 180 valence electrons. The molecule has 2 aromatic carbocycles. The van der Waals surface area contributed by atoms with Gasteiger partial charge in [-0.05, 0) is 48.1 Å². The third kappa shape index (κ3) is 5.84. The average Bonchev–Trinajstić information content (AvgIpc) is 3.13. The van der Waals surface area contributed by atoms with E-state index >= 15 is 0 Å². The van der Waals surface area contributed by atoms with Crippen LogP contribution in [0.4, 0.5) is 11.4 Å². The molecule has 3 aromatic rings. The maximum Gasteiger partial charge on any atom is 0.293 e. The molecule has 0 saturated heterocycles. The number of rotatable bonds is 8. The number of amides is 1. The highest BCUT2D eigenvalue weighted by Crippen LogP contribution is 2.30. The predicted molar refractivity (Wildman–Crippen MR) is 132 cm³/mol. The van der Waals surface area contributed by atoms with Crippen LogP contribution in [0.1, 0.15) is 43.3 Å². The van der Waals surface area contributed by atoms with Gasteiger partial charge in [0.15, 0.2) is 5.82 Å². The molecular weight excluding hydrogens is 456 g/mol. The number of aromatic nitrogens is 3. The van der Waals surface area contributed by atoms with Crippen molar-refractivity contribution < 1.29 is 14.5 Å². The second-order valence-electron chi connectivity index (χ2n) is 8.83. The number of ether oxygens (including phenoxy) is 1. The maximum absolute atomic E-state index is 12.5. The lowest BCUT2D eigenvalue weighted by atomic mass is 9.87. The van der Waals surface area contributed by atoms with Crippen LogP contribution in [-0.4, -0.2) is 31.5 Å². The van der Waals surface area contributed by atoms with Crippen molar-refractivity contribution in [3.05, 3.63) is 69.0 Å². The normalized spacial score (nSPS) is 11.3. The Balaban J connectivity index is 1.59. The van der Waals surface area contributed by atoms with Gasteiger partial charge in [-0.2, -0.15) is 0 Å². The van der Waals surface area contributed by atoms with Crippen molar-refractivity contribution in [3.63, 3.8) is 0 Å². The fourth-order valence-electron chi connectivity index (χ4n) is 3.12. The summed E-state index contributed by atoms with van der Waals surface area (Å²) in [7, 11) is 0. The molecular formula is C23H28N6O4S. The molecule has 10 nitrogen and oxygen atoms in total. The summed E-state index contributed by atoms with van der Waals surface area (Å²) in [6, 6.07) is 10.8. The van der Waals surface area contributed by atoms with Crippen LogP contribution in [0.2, 0.25) is 0 Å². The fraction of sp³-hybridized carbons (Fsp3) is 0.348. The summed E-state index contributed by atoms with van der Waals surface area (Å²) < 4.78 is 7.03. The van der Waals surface area contributed by atoms with Crippen LogP contribution >= 0.6 is 11.8 Å². The van der Waals surface area contributed by atoms with Crippen molar-refractivity contribution in [2.24, 2.45) is 0 Å². The lowest BCUT2D eigenvalue weighted by molar-refractivity contribution is -0.384. The van der Waals surface area contributed by atoms with Gasteiger partial charge in [-0.15, -0.1) is 10.2 Å². The van der Waals surface area contributed by atoms with E-state index in [1.165, 1.54) is 16.3 Å². The minimum absolute atomic E-state index is 0.0466. The monoisotopic (exact) mass is 484 g/mol. The Bertz CT molecular complexity index is 1200. The first-order chi connectivity index (χ1) is 16.0. The molecule has 0 unspecified atom stereocenters. The summed E-state index contributed by atoms with van der Waals surface area (Å²) in [5, 5.41) is 22.3. The quantitative estimate of drug-likeness (QED) is 0.211. The molecule has 3 N–H and O–H groups in total. The smallest absolute Gasteiger partial charge is 0.293 e. The standard InChI is InChI=1S/C23H28N6O4S/c1-14-6-11-18(29(31)32)21(15(14)2)25-20(30)13-34-22-27-26-19(28(22)24)12-33-17-9-7-16(8-10-17)23(3,4)5/h6-11H,12-13,24H2,1-5H3,(H,25,30). The van der Waals surface area contributed by atoms with Gasteiger partial charge < -0.3 is 15.9 Å². The Labute approximate surface area is 202 Å². The summed E-state index contributed by atoms with van der Waals surface area (Å²) in [6.07, 6.45) is 0. The van der Waals surface area contributed by atoms with Crippen LogP contribution in [0.3, 0.4) is 0 Å². The highest BCUT2D eigenvalue weighted by molar-refractivity contribution is 7.99. The number of hydrogen-bond donors (Lipinski definition) is 2. The van der Waals surface area contributed by atoms with Gasteiger partial charge in [0.2, 0.25) is 11.1 Å². The van der Waals surface area contributed by atoms with Gasteiger partial charge in [-0.25, -0.2) is 4.68 Å². The van der Waals surface area contributed by atoms with Crippen LogP contribution in [0, 0.1) is 24.0 Å². The predicted octanol–water partition coefficient (Wildman–Crippen LogP) is 4.12. The van der Waals surface area contributed by atoms with Gasteiger partial charge in [0.1, 0.15) is 18.0 Å². The van der Waals surface area contributed by atoms with E-state index in [4.69, 9.17) is 10.6 Å². The number of carbonyl (C=O) groups is 1. The first kappa shape index (κ1) is 25.0. The molecule has 1 aromatic heterocycles. The summed E-state index contributed by atoms with van der Waals surface area (Å²) in [5.41, 5.74) is 2.77. The number of thioether (sulfide) groups is 1. The van der Waals surface area contributed by atoms with E-state index in [0.29, 0.717) is 22.3 Å². The van der Waals surface area contributed by atoms with E-state index in [1.54, 1.807) is 13.0 Å². The van der Waals surface area contributed by atoms with E-state index in [9.17, 15) is 14.9 Å². The van der Waals surface area contributed by atoms with Gasteiger partial charge >= 0.3 is 0 Å². The molecule has 34 heavy (non-hydrogen) atoms. The van der Waals surface area contributed by atoms with E-state index in [0.717, 1.165) is 17.3 Å². The number of aryl methyl sites for hydroxylation is 1. The van der Waals surface area contributed by atoms with E-state index in [-0.39, 0.29) is 29.1 Å². The Hall–Kier alpha value is -3.60. The number of nitrogens with zero attached hydrogens (tertiary/aromatic N) is 4. The fourth-order valence-corrected chi connectivity index (χ4v) is 3.80. The molecule has 0 fully saturated rings. The number of hydrogen-bond acceptors (Lipinski definition) is 8.